The molecule has 5 N–H and O–H groups in total. The Labute approximate surface area is 257 Å². The fraction of sp³-hybridized carbons (Fsp3) is 0.462. The number of aliphatic carboxylic acids is 1. The average molecular weight is 647 g/mol. The molecule has 0 spiro atoms. The van der Waals surface area contributed by atoms with Gasteiger partial charge >= 0.3 is 11.9 Å². The first-order valence-electron chi connectivity index (χ1n) is 12.0. The lowest BCUT2D eigenvalue weighted by molar-refractivity contribution is -0.145. The van der Waals surface area contributed by atoms with E-state index >= 15 is 0 Å². The fourth-order valence-corrected chi connectivity index (χ4v) is 4.39. The van der Waals surface area contributed by atoms with E-state index in [4.69, 9.17) is 56.1 Å². The number of anilines is 2. The van der Waals surface area contributed by atoms with E-state index < -0.39 is 24.0 Å². The third-order valence-corrected chi connectivity index (χ3v) is 6.31. The number of carbonyl (C=O) groups is 2. The number of hydrogen-bond acceptors (Lipinski definition) is 7. The van der Waals surface area contributed by atoms with E-state index in [0.29, 0.717) is 50.2 Å². The van der Waals surface area contributed by atoms with Crippen molar-refractivity contribution in [3.8, 4) is 0 Å². The summed E-state index contributed by atoms with van der Waals surface area (Å²) in [5.41, 5.74) is 15.3. The molecule has 0 bridgehead atoms. The van der Waals surface area contributed by atoms with Gasteiger partial charge in [-0.15, -0.1) is 59.6 Å². The molecular formula is C26H37Cl5N4O4. The zero-order valence-electron chi connectivity index (χ0n) is 21.5. The normalized spacial score (nSPS) is 11.9. The quantitative estimate of drug-likeness (QED) is 0.175. The van der Waals surface area contributed by atoms with Crippen LogP contribution in [-0.2, 0) is 27.2 Å². The lowest BCUT2D eigenvalue weighted by Crippen LogP contribution is -2.37. The van der Waals surface area contributed by atoms with Crippen molar-refractivity contribution in [3.05, 3.63) is 59.7 Å². The third-order valence-electron chi connectivity index (χ3n) is 5.80. The van der Waals surface area contributed by atoms with Gasteiger partial charge in [-0.1, -0.05) is 24.3 Å². The Bertz CT molecular complexity index is 964. The molecule has 0 radical (unpaired) electrons. The first-order valence-corrected chi connectivity index (χ1v) is 13.7. The number of rotatable bonds is 17. The van der Waals surface area contributed by atoms with Gasteiger partial charge in [0, 0.05) is 48.6 Å². The van der Waals surface area contributed by atoms with Crippen LogP contribution >= 0.6 is 59.6 Å². The molecule has 0 heterocycles. The van der Waals surface area contributed by atoms with Crippen molar-refractivity contribution in [3.63, 3.8) is 0 Å². The lowest BCUT2D eigenvalue weighted by atomic mass is 10.1. The lowest BCUT2D eigenvalue weighted by Gasteiger charge is -2.24. The van der Waals surface area contributed by atoms with Crippen LogP contribution in [0.15, 0.2) is 48.5 Å². The summed E-state index contributed by atoms with van der Waals surface area (Å²) in [6.45, 7) is 2.53. The molecule has 0 aromatic heterocycles. The molecule has 0 aliphatic rings. The highest BCUT2D eigenvalue weighted by Gasteiger charge is 2.17. The van der Waals surface area contributed by atoms with Crippen molar-refractivity contribution in [1.29, 1.82) is 0 Å². The van der Waals surface area contributed by atoms with Crippen LogP contribution in [0, 0.1) is 0 Å². The monoisotopic (exact) mass is 644 g/mol. The van der Waals surface area contributed by atoms with Gasteiger partial charge in [0.15, 0.2) is 0 Å². The van der Waals surface area contributed by atoms with E-state index in [1.807, 2.05) is 53.4 Å². The van der Waals surface area contributed by atoms with Crippen molar-refractivity contribution >= 4 is 82.9 Å². The van der Waals surface area contributed by atoms with Crippen molar-refractivity contribution in [2.75, 3.05) is 60.2 Å². The van der Waals surface area contributed by atoms with Crippen LogP contribution in [-0.4, -0.2) is 79.6 Å². The van der Waals surface area contributed by atoms with Gasteiger partial charge in [-0.05, 0) is 48.2 Å². The van der Waals surface area contributed by atoms with Gasteiger partial charge in [-0.25, -0.2) is 0 Å². The molecule has 0 fully saturated rings. The van der Waals surface area contributed by atoms with Crippen LogP contribution in [0.25, 0.3) is 0 Å². The Kier molecular flexibility index (Phi) is 19.4. The molecule has 0 aliphatic heterocycles. The minimum Gasteiger partial charge on any atom is -0.480 e. The van der Waals surface area contributed by atoms with E-state index in [1.165, 1.54) is 0 Å². The van der Waals surface area contributed by atoms with Crippen molar-refractivity contribution in [1.82, 2.24) is 0 Å². The van der Waals surface area contributed by atoms with Gasteiger partial charge in [0.2, 0.25) is 0 Å². The zero-order chi connectivity index (χ0) is 27.2. The smallest absolute Gasteiger partial charge is 0.323 e. The van der Waals surface area contributed by atoms with Crippen LogP contribution in [0.2, 0.25) is 0 Å². The summed E-state index contributed by atoms with van der Waals surface area (Å²) in [4.78, 5) is 27.5. The molecule has 8 nitrogen and oxygen atoms in total. The number of carboxylic acids is 1. The Balaban J connectivity index is 0.00000722. The number of carbonyl (C=O) groups excluding carboxylic acids is 1. The highest BCUT2D eigenvalue weighted by molar-refractivity contribution is 6.18. The highest BCUT2D eigenvalue weighted by atomic mass is 35.5. The number of ether oxygens (including phenoxy) is 1. The maximum Gasteiger partial charge on any atom is 0.323 e. The SMILES string of the molecule is Cl.Cl.N[C@@H](Cc1ccc(N(CCCl)CCOC(=O)[C@@H](N)Cc2ccc(N(CCCl)CCCl)cc2)cc1)C(=O)O. The number of halogens is 5. The van der Waals surface area contributed by atoms with E-state index in [2.05, 4.69) is 4.90 Å². The third kappa shape index (κ3) is 13.0. The average Bonchev–Trinajstić information content (AvgIpc) is 2.89. The molecule has 2 atom stereocenters. The van der Waals surface area contributed by atoms with E-state index in [-0.39, 0.29) is 37.8 Å². The second kappa shape index (κ2) is 20.3. The molecule has 0 unspecified atom stereocenters. The van der Waals surface area contributed by atoms with Gasteiger partial charge in [0.1, 0.15) is 18.7 Å². The molecular weight excluding hydrogens is 610 g/mol. The predicted molar refractivity (Wildman–Crippen MR) is 166 cm³/mol. The molecule has 0 amide bonds. The second-order valence-electron chi connectivity index (χ2n) is 8.50. The Hall–Kier alpha value is -1.65. The molecule has 0 saturated carbocycles. The number of nitrogens with zero attached hydrogens (tertiary/aromatic N) is 2. The highest BCUT2D eigenvalue weighted by Crippen LogP contribution is 2.18. The summed E-state index contributed by atoms with van der Waals surface area (Å²) in [5.74, 6) is -0.114. The minimum absolute atomic E-state index is 0. The molecule has 0 aliphatic carbocycles. The molecule has 0 saturated heterocycles. The number of carboxylic acid groups (broad SMARTS) is 1. The van der Waals surface area contributed by atoms with Crippen LogP contribution in [0.1, 0.15) is 11.1 Å². The first kappa shape index (κ1) is 37.4. The molecule has 13 heteroatoms. The fourth-order valence-electron chi connectivity index (χ4n) is 3.77. The Morgan fingerprint density at radius 3 is 1.49 bits per heavy atom. The van der Waals surface area contributed by atoms with Gasteiger partial charge in [-0.3, -0.25) is 9.59 Å². The van der Waals surface area contributed by atoms with E-state index in [9.17, 15) is 9.59 Å². The van der Waals surface area contributed by atoms with E-state index in [1.54, 1.807) is 0 Å². The zero-order valence-corrected chi connectivity index (χ0v) is 25.4. The molecule has 2 aromatic rings. The number of nitrogens with two attached hydrogens (primary N) is 2. The molecule has 2 rings (SSSR count). The molecule has 39 heavy (non-hydrogen) atoms. The summed E-state index contributed by atoms with van der Waals surface area (Å²) >= 11 is 17.7. The summed E-state index contributed by atoms with van der Waals surface area (Å²) in [6.07, 6.45) is 0.595. The van der Waals surface area contributed by atoms with Gasteiger partial charge in [-0.2, -0.15) is 0 Å². The van der Waals surface area contributed by atoms with Crippen LogP contribution in [0.5, 0.6) is 0 Å². The van der Waals surface area contributed by atoms with Gasteiger partial charge < -0.3 is 31.1 Å². The summed E-state index contributed by atoms with van der Waals surface area (Å²) < 4.78 is 5.43. The maximum atomic E-state index is 12.5. The van der Waals surface area contributed by atoms with E-state index in [0.717, 1.165) is 22.5 Å². The summed E-state index contributed by atoms with van der Waals surface area (Å²) in [6, 6.07) is 13.5. The number of benzene rings is 2. The van der Waals surface area contributed by atoms with Gasteiger partial charge in [0.25, 0.3) is 0 Å². The number of hydrogen-bond donors (Lipinski definition) is 3. The second-order valence-corrected chi connectivity index (χ2v) is 9.63. The number of alkyl halides is 3. The maximum absolute atomic E-state index is 12.5. The van der Waals surface area contributed by atoms with Crippen molar-refractivity contribution < 1.29 is 19.4 Å². The van der Waals surface area contributed by atoms with Crippen molar-refractivity contribution in [2.45, 2.75) is 24.9 Å². The topological polar surface area (TPSA) is 122 Å². The summed E-state index contributed by atoms with van der Waals surface area (Å²) in [5, 5.41) is 8.98. The molecule has 220 valence electrons. The van der Waals surface area contributed by atoms with Crippen LogP contribution in [0.4, 0.5) is 11.4 Å². The predicted octanol–water partition coefficient (Wildman–Crippen LogP) is 3.93. The largest absolute Gasteiger partial charge is 0.480 e. The van der Waals surface area contributed by atoms with Gasteiger partial charge in [0.05, 0.1) is 6.54 Å². The summed E-state index contributed by atoms with van der Waals surface area (Å²) in [7, 11) is 0. The Morgan fingerprint density at radius 1 is 0.718 bits per heavy atom. The standard InChI is InChI=1S/C26H35Cl3N4O4.2ClH/c27-9-12-32(13-10-28)21-5-3-20(4-6-21)18-24(31)26(36)37-16-15-33(14-11-29)22-7-1-19(2-8-22)17-23(30)25(34)35;;/h1-8,23-24H,9-18,30-31H2,(H,34,35);2*1H/t23-,24-;;/m0../s1. The Morgan fingerprint density at radius 2 is 1.10 bits per heavy atom. The molecule has 2 aromatic carbocycles. The van der Waals surface area contributed by atoms with Crippen LogP contribution < -0.4 is 21.3 Å². The van der Waals surface area contributed by atoms with Crippen LogP contribution in [0.3, 0.4) is 0 Å². The number of esters is 1. The minimum atomic E-state index is -1.04. The van der Waals surface area contributed by atoms with Crippen molar-refractivity contribution in [2.24, 2.45) is 11.5 Å². The first-order chi connectivity index (χ1) is 17.8.